The number of benzene rings is 1. The number of ether oxygens (including phenoxy) is 1. The highest BCUT2D eigenvalue weighted by Crippen LogP contribution is 2.27. The van der Waals surface area contributed by atoms with E-state index in [1.807, 2.05) is 0 Å². The summed E-state index contributed by atoms with van der Waals surface area (Å²) >= 11 is 0. The van der Waals surface area contributed by atoms with Gasteiger partial charge in [-0.25, -0.2) is 19.6 Å². The molecule has 0 aliphatic rings. The monoisotopic (exact) mass is 293 g/mol. The van der Waals surface area contributed by atoms with Gasteiger partial charge in [-0.15, -0.1) is 0 Å². The summed E-state index contributed by atoms with van der Waals surface area (Å²) in [4.78, 5) is 23.4. The molecule has 6 heteroatoms. The predicted molar refractivity (Wildman–Crippen MR) is 79.5 cm³/mol. The number of carbonyl (C=O) groups is 1. The number of hydrogen-bond donors (Lipinski definition) is 0. The summed E-state index contributed by atoms with van der Waals surface area (Å²) in [6.07, 6.45) is 1.50. The van der Waals surface area contributed by atoms with E-state index in [1.165, 1.54) is 6.20 Å². The largest absolute Gasteiger partial charge is 0.461 e. The molecule has 0 aliphatic heterocycles. The van der Waals surface area contributed by atoms with Crippen LogP contribution in [0, 0.1) is 6.57 Å². The normalized spacial score (nSPS) is 10.4. The molecule has 2 aromatic heterocycles. The third-order valence-corrected chi connectivity index (χ3v) is 2.99. The lowest BCUT2D eigenvalue weighted by atomic mass is 10.2. The van der Waals surface area contributed by atoms with Crippen molar-refractivity contribution in [2.24, 2.45) is 0 Å². The van der Waals surface area contributed by atoms with Gasteiger partial charge < -0.3 is 9.15 Å². The zero-order valence-corrected chi connectivity index (χ0v) is 11.7. The summed E-state index contributed by atoms with van der Waals surface area (Å²) in [6, 6.07) is 8.29. The number of carbonyl (C=O) groups excluding carboxylic acids is 1. The van der Waals surface area contributed by atoms with E-state index in [0.29, 0.717) is 28.2 Å². The number of hydrogen-bond acceptors (Lipinski definition) is 5. The third kappa shape index (κ3) is 2.52. The molecule has 0 amide bonds. The highest BCUT2D eigenvalue weighted by molar-refractivity contribution is 5.88. The van der Waals surface area contributed by atoms with Crippen LogP contribution in [-0.2, 0) is 4.74 Å². The second-order valence-electron chi connectivity index (χ2n) is 4.43. The van der Waals surface area contributed by atoms with E-state index >= 15 is 0 Å². The number of pyridine rings is 1. The molecule has 0 fully saturated rings. The molecule has 1 aromatic carbocycles. The molecule has 3 aromatic rings. The summed E-state index contributed by atoms with van der Waals surface area (Å²) in [6.45, 7) is 9.03. The molecule has 0 radical (unpaired) electrons. The maximum absolute atomic E-state index is 11.7. The van der Waals surface area contributed by atoms with E-state index in [2.05, 4.69) is 14.8 Å². The van der Waals surface area contributed by atoms with Crippen molar-refractivity contribution in [1.82, 2.24) is 9.97 Å². The Morgan fingerprint density at radius 1 is 1.36 bits per heavy atom. The van der Waals surface area contributed by atoms with Gasteiger partial charge in [0.2, 0.25) is 5.89 Å². The molecule has 0 saturated carbocycles. The van der Waals surface area contributed by atoms with Gasteiger partial charge in [0.1, 0.15) is 5.69 Å². The fourth-order valence-corrected chi connectivity index (χ4v) is 1.99. The summed E-state index contributed by atoms with van der Waals surface area (Å²) in [5, 5.41) is 0. The van der Waals surface area contributed by atoms with Crippen LogP contribution in [0.15, 0.2) is 40.9 Å². The lowest BCUT2D eigenvalue weighted by Gasteiger charge is -2.01. The van der Waals surface area contributed by atoms with E-state index in [9.17, 15) is 4.79 Å². The molecule has 0 saturated heterocycles. The molecule has 0 N–H and O–H groups in total. The molecule has 0 bridgehead atoms. The molecule has 0 spiro atoms. The van der Waals surface area contributed by atoms with E-state index in [4.69, 9.17) is 15.7 Å². The van der Waals surface area contributed by atoms with Crippen molar-refractivity contribution in [1.29, 1.82) is 0 Å². The molecule has 2 heterocycles. The topological polar surface area (TPSA) is 69.6 Å². The van der Waals surface area contributed by atoms with Crippen LogP contribution in [0.3, 0.4) is 0 Å². The Hall–Kier alpha value is -3.20. The minimum Gasteiger partial charge on any atom is -0.461 e. The van der Waals surface area contributed by atoms with Gasteiger partial charge in [0.15, 0.2) is 11.3 Å². The molecular weight excluding hydrogens is 282 g/mol. The van der Waals surface area contributed by atoms with Crippen LogP contribution in [0.25, 0.3) is 27.4 Å². The first-order valence-corrected chi connectivity index (χ1v) is 6.63. The van der Waals surface area contributed by atoms with Gasteiger partial charge in [0.25, 0.3) is 0 Å². The highest BCUT2D eigenvalue weighted by atomic mass is 16.5. The van der Waals surface area contributed by atoms with Gasteiger partial charge in [-0.2, -0.15) is 0 Å². The van der Waals surface area contributed by atoms with Crippen molar-refractivity contribution < 1.29 is 13.9 Å². The highest BCUT2D eigenvalue weighted by Gasteiger charge is 2.13. The van der Waals surface area contributed by atoms with Crippen molar-refractivity contribution in [3.63, 3.8) is 0 Å². The third-order valence-electron chi connectivity index (χ3n) is 2.99. The van der Waals surface area contributed by atoms with Crippen LogP contribution in [0.4, 0.5) is 5.69 Å². The van der Waals surface area contributed by atoms with Crippen LogP contribution in [-0.4, -0.2) is 22.5 Å². The summed E-state index contributed by atoms with van der Waals surface area (Å²) in [7, 11) is 0. The quantitative estimate of drug-likeness (QED) is 0.545. The summed E-state index contributed by atoms with van der Waals surface area (Å²) in [5.74, 6) is -0.124. The van der Waals surface area contributed by atoms with Crippen LogP contribution >= 0.6 is 0 Å². The number of rotatable bonds is 3. The van der Waals surface area contributed by atoms with Gasteiger partial charge in [-0.1, -0.05) is 6.07 Å². The van der Waals surface area contributed by atoms with Crippen molar-refractivity contribution in [3.8, 4) is 11.5 Å². The Bertz CT molecular complexity index is 893. The van der Waals surface area contributed by atoms with E-state index in [1.54, 1.807) is 37.3 Å². The van der Waals surface area contributed by atoms with Crippen molar-refractivity contribution in [2.75, 3.05) is 6.61 Å². The lowest BCUT2D eigenvalue weighted by molar-refractivity contribution is 0.0519. The minimum atomic E-state index is -0.490. The van der Waals surface area contributed by atoms with Crippen LogP contribution in [0.2, 0.25) is 0 Å². The maximum Gasteiger partial charge on any atom is 0.356 e. The smallest absolute Gasteiger partial charge is 0.356 e. The zero-order valence-electron chi connectivity index (χ0n) is 11.7. The van der Waals surface area contributed by atoms with Gasteiger partial charge >= 0.3 is 5.97 Å². The number of oxazole rings is 1. The zero-order chi connectivity index (χ0) is 15.5. The number of fused-ring (bicyclic) bond motifs is 1. The number of aromatic nitrogens is 2. The van der Waals surface area contributed by atoms with Crippen molar-refractivity contribution in [2.45, 2.75) is 6.92 Å². The predicted octanol–water partition coefficient (Wildman–Crippen LogP) is 3.62. The number of nitrogens with zero attached hydrogens (tertiary/aromatic N) is 3. The Morgan fingerprint density at radius 2 is 2.23 bits per heavy atom. The van der Waals surface area contributed by atoms with Gasteiger partial charge in [-0.05, 0) is 31.2 Å². The second-order valence-corrected chi connectivity index (χ2v) is 4.43. The van der Waals surface area contributed by atoms with Gasteiger partial charge in [0, 0.05) is 11.8 Å². The molecule has 108 valence electrons. The molecule has 0 unspecified atom stereocenters. The minimum absolute atomic E-state index is 0.198. The Morgan fingerprint density at radius 3 is 3.00 bits per heavy atom. The van der Waals surface area contributed by atoms with E-state index in [-0.39, 0.29) is 12.3 Å². The van der Waals surface area contributed by atoms with Crippen molar-refractivity contribution >= 4 is 22.8 Å². The first-order chi connectivity index (χ1) is 10.7. The average molecular weight is 293 g/mol. The fraction of sp³-hybridized carbons (Fsp3) is 0.125. The second kappa shape index (κ2) is 5.66. The molecule has 0 aliphatic carbocycles. The molecule has 0 atom stereocenters. The standard InChI is InChI=1S/C16H11N3O3/c1-3-21-16(20)13-8-10(6-7-18-13)15-19-12-9-11(17-2)4-5-14(12)22-15/h4-9H,3H2,1H3. The fourth-order valence-electron chi connectivity index (χ4n) is 1.99. The summed E-state index contributed by atoms with van der Waals surface area (Å²) < 4.78 is 10.6. The van der Waals surface area contributed by atoms with Crippen molar-refractivity contribution in [3.05, 3.63) is 53.6 Å². The Balaban J connectivity index is 2.02. The lowest BCUT2D eigenvalue weighted by Crippen LogP contribution is -2.06. The first kappa shape index (κ1) is 13.8. The molecule has 6 nitrogen and oxygen atoms in total. The molecule has 3 rings (SSSR count). The van der Waals surface area contributed by atoms with Gasteiger partial charge in [-0.3, -0.25) is 0 Å². The van der Waals surface area contributed by atoms with Gasteiger partial charge in [0.05, 0.1) is 18.7 Å². The molecular formula is C16H11N3O3. The SMILES string of the molecule is [C-]#[N+]c1ccc2oc(-c3ccnc(C(=O)OCC)c3)nc2c1. The van der Waals surface area contributed by atoms with E-state index < -0.39 is 5.97 Å². The average Bonchev–Trinajstić information content (AvgIpc) is 2.98. The molecule has 22 heavy (non-hydrogen) atoms. The van der Waals surface area contributed by atoms with Crippen LogP contribution in [0.1, 0.15) is 17.4 Å². The van der Waals surface area contributed by atoms with Crippen LogP contribution in [0.5, 0.6) is 0 Å². The number of esters is 1. The maximum atomic E-state index is 11.7. The van der Waals surface area contributed by atoms with Crippen LogP contribution < -0.4 is 0 Å². The Labute approximate surface area is 126 Å². The Kier molecular flexibility index (Phi) is 3.54. The summed E-state index contributed by atoms with van der Waals surface area (Å²) in [5.41, 5.74) is 2.49. The van der Waals surface area contributed by atoms with E-state index in [0.717, 1.165) is 0 Å². The first-order valence-electron chi connectivity index (χ1n) is 6.63.